The van der Waals surface area contributed by atoms with E-state index >= 15 is 0 Å². The first-order valence-corrected chi connectivity index (χ1v) is 8.72. The predicted molar refractivity (Wildman–Crippen MR) is 95.8 cm³/mol. The number of carboxylic acid groups (broad SMARTS) is 1. The number of para-hydroxylation sites is 1. The van der Waals surface area contributed by atoms with Gasteiger partial charge in [-0.2, -0.15) is 5.10 Å². The van der Waals surface area contributed by atoms with Gasteiger partial charge in [0.25, 0.3) is 5.91 Å². The highest BCUT2D eigenvalue weighted by atomic mass is 35.5. The number of halogens is 1. The van der Waals surface area contributed by atoms with Crippen LogP contribution >= 0.6 is 11.6 Å². The Morgan fingerprint density at radius 2 is 2.04 bits per heavy atom. The van der Waals surface area contributed by atoms with E-state index in [1.54, 1.807) is 16.8 Å². The molecule has 2 heterocycles. The lowest BCUT2D eigenvalue weighted by molar-refractivity contribution is -0.139. The Morgan fingerprint density at radius 3 is 2.69 bits per heavy atom. The Kier molecular flexibility index (Phi) is 5.29. The molecule has 3 rings (SSSR count). The molecule has 1 aromatic carbocycles. The minimum Gasteiger partial charge on any atom is -0.481 e. The van der Waals surface area contributed by atoms with Crippen LogP contribution in [0.25, 0.3) is 5.69 Å². The molecule has 1 fully saturated rings. The van der Waals surface area contributed by atoms with Crippen molar-refractivity contribution in [1.29, 1.82) is 0 Å². The molecule has 1 aliphatic heterocycles. The van der Waals surface area contributed by atoms with Crippen LogP contribution in [0.3, 0.4) is 0 Å². The molecule has 0 atom stereocenters. The molecular formula is C18H20ClN3O4. The fourth-order valence-corrected chi connectivity index (χ4v) is 3.37. The Bertz CT molecular complexity index is 828. The standard InChI is InChI=1S/C18H20ClN3O4/c1-12-10-14(21-22(12)15-5-3-2-4-13(15)19)17(25)20-18(11-16(23)24)6-8-26-9-7-18/h2-5,10H,6-9,11H2,1H3,(H,20,25)(H,23,24). The first-order valence-electron chi connectivity index (χ1n) is 8.34. The lowest BCUT2D eigenvalue weighted by Gasteiger charge is -2.36. The highest BCUT2D eigenvalue weighted by Gasteiger charge is 2.37. The normalized spacial score (nSPS) is 16.2. The fourth-order valence-electron chi connectivity index (χ4n) is 3.16. The van der Waals surface area contributed by atoms with E-state index in [0.29, 0.717) is 36.8 Å². The molecule has 138 valence electrons. The molecule has 1 saturated heterocycles. The van der Waals surface area contributed by atoms with Gasteiger partial charge in [0.1, 0.15) is 0 Å². The molecular weight excluding hydrogens is 358 g/mol. The van der Waals surface area contributed by atoms with Gasteiger partial charge in [0.05, 0.1) is 22.7 Å². The zero-order chi connectivity index (χ0) is 18.7. The van der Waals surface area contributed by atoms with Gasteiger partial charge in [0.2, 0.25) is 0 Å². The molecule has 8 heteroatoms. The third-order valence-electron chi connectivity index (χ3n) is 4.52. The highest BCUT2D eigenvalue weighted by molar-refractivity contribution is 6.32. The molecule has 0 radical (unpaired) electrons. The first-order chi connectivity index (χ1) is 12.4. The molecule has 1 aromatic heterocycles. The SMILES string of the molecule is Cc1cc(C(=O)NC2(CC(=O)O)CCOCC2)nn1-c1ccccc1Cl. The maximum absolute atomic E-state index is 12.7. The lowest BCUT2D eigenvalue weighted by atomic mass is 9.86. The molecule has 26 heavy (non-hydrogen) atoms. The molecule has 0 bridgehead atoms. The Morgan fingerprint density at radius 1 is 1.35 bits per heavy atom. The van der Waals surface area contributed by atoms with Crippen molar-refractivity contribution in [2.24, 2.45) is 0 Å². The summed E-state index contributed by atoms with van der Waals surface area (Å²) in [6.45, 7) is 2.66. The van der Waals surface area contributed by atoms with Crippen LogP contribution in [-0.2, 0) is 9.53 Å². The van der Waals surface area contributed by atoms with Gasteiger partial charge >= 0.3 is 5.97 Å². The summed E-state index contributed by atoms with van der Waals surface area (Å²) >= 11 is 6.21. The average molecular weight is 378 g/mol. The molecule has 2 aromatic rings. The number of aliphatic carboxylic acids is 1. The number of rotatable bonds is 5. The molecule has 7 nitrogen and oxygen atoms in total. The van der Waals surface area contributed by atoms with Crippen LogP contribution < -0.4 is 5.32 Å². The Hall–Kier alpha value is -2.38. The van der Waals surface area contributed by atoms with Crippen LogP contribution in [0.4, 0.5) is 0 Å². The van der Waals surface area contributed by atoms with Crippen LogP contribution in [0, 0.1) is 6.92 Å². The van der Waals surface area contributed by atoms with Crippen molar-refractivity contribution >= 4 is 23.5 Å². The quantitative estimate of drug-likeness (QED) is 0.835. The second kappa shape index (κ2) is 7.47. The number of nitrogens with one attached hydrogen (secondary N) is 1. The first kappa shape index (κ1) is 18.4. The predicted octanol–water partition coefficient (Wildman–Crippen LogP) is 2.59. The molecule has 1 aliphatic rings. The van der Waals surface area contributed by atoms with Crippen LogP contribution in [0.5, 0.6) is 0 Å². The van der Waals surface area contributed by atoms with E-state index in [2.05, 4.69) is 10.4 Å². The summed E-state index contributed by atoms with van der Waals surface area (Å²) in [5.74, 6) is -1.35. The number of benzene rings is 1. The molecule has 0 aliphatic carbocycles. The van der Waals surface area contributed by atoms with Crippen LogP contribution in [0.15, 0.2) is 30.3 Å². The van der Waals surface area contributed by atoms with Gasteiger partial charge < -0.3 is 15.2 Å². The Labute approximate surface area is 155 Å². The number of carbonyl (C=O) groups excluding carboxylic acids is 1. The number of hydrogen-bond acceptors (Lipinski definition) is 4. The third kappa shape index (κ3) is 3.89. The summed E-state index contributed by atoms with van der Waals surface area (Å²) in [7, 11) is 0. The maximum Gasteiger partial charge on any atom is 0.305 e. The van der Waals surface area contributed by atoms with E-state index in [9.17, 15) is 14.7 Å². The van der Waals surface area contributed by atoms with E-state index in [0.717, 1.165) is 5.69 Å². The number of carboxylic acids is 1. The van der Waals surface area contributed by atoms with Crippen molar-refractivity contribution in [3.63, 3.8) is 0 Å². The van der Waals surface area contributed by atoms with Crippen LogP contribution in [-0.4, -0.2) is 45.5 Å². The maximum atomic E-state index is 12.7. The van der Waals surface area contributed by atoms with Gasteiger partial charge in [0, 0.05) is 18.9 Å². The van der Waals surface area contributed by atoms with E-state index in [1.807, 2.05) is 25.1 Å². The number of hydrogen-bond donors (Lipinski definition) is 2. The fraction of sp³-hybridized carbons (Fsp3) is 0.389. The van der Waals surface area contributed by atoms with Crippen molar-refractivity contribution in [2.45, 2.75) is 31.7 Å². The van der Waals surface area contributed by atoms with Crippen LogP contribution in [0.2, 0.25) is 5.02 Å². The number of nitrogens with zero attached hydrogens (tertiary/aromatic N) is 2. The topological polar surface area (TPSA) is 93.5 Å². The molecule has 0 spiro atoms. The minimum absolute atomic E-state index is 0.147. The van der Waals surface area contributed by atoms with Gasteiger partial charge in [0.15, 0.2) is 5.69 Å². The van der Waals surface area contributed by atoms with E-state index in [-0.39, 0.29) is 12.1 Å². The summed E-state index contributed by atoms with van der Waals surface area (Å²) in [5.41, 5.74) is 0.835. The number of amides is 1. The summed E-state index contributed by atoms with van der Waals surface area (Å²) in [5, 5.41) is 17.0. The van der Waals surface area contributed by atoms with Crippen molar-refractivity contribution in [3.05, 3.63) is 46.7 Å². The number of ether oxygens (including phenoxy) is 1. The van der Waals surface area contributed by atoms with E-state index in [1.165, 1.54) is 0 Å². The highest BCUT2D eigenvalue weighted by Crippen LogP contribution is 2.26. The van der Waals surface area contributed by atoms with Crippen molar-refractivity contribution < 1.29 is 19.4 Å². The van der Waals surface area contributed by atoms with Crippen molar-refractivity contribution in [1.82, 2.24) is 15.1 Å². The monoisotopic (exact) mass is 377 g/mol. The molecule has 0 saturated carbocycles. The van der Waals surface area contributed by atoms with Gasteiger partial charge in [-0.1, -0.05) is 23.7 Å². The lowest BCUT2D eigenvalue weighted by Crippen LogP contribution is -2.53. The zero-order valence-corrected chi connectivity index (χ0v) is 15.1. The van der Waals surface area contributed by atoms with Crippen molar-refractivity contribution in [2.75, 3.05) is 13.2 Å². The van der Waals surface area contributed by atoms with Crippen molar-refractivity contribution in [3.8, 4) is 5.69 Å². The summed E-state index contributed by atoms with van der Waals surface area (Å²) < 4.78 is 6.91. The van der Waals surface area contributed by atoms with Gasteiger partial charge in [-0.05, 0) is 38.0 Å². The smallest absolute Gasteiger partial charge is 0.305 e. The summed E-state index contributed by atoms with van der Waals surface area (Å²) in [6.07, 6.45) is 0.761. The molecule has 2 N–H and O–H groups in total. The molecule has 1 amide bonds. The van der Waals surface area contributed by atoms with Gasteiger partial charge in [-0.25, -0.2) is 4.68 Å². The zero-order valence-electron chi connectivity index (χ0n) is 14.4. The second-order valence-corrected chi connectivity index (χ2v) is 6.86. The minimum atomic E-state index is -0.954. The largest absolute Gasteiger partial charge is 0.481 e. The summed E-state index contributed by atoms with van der Waals surface area (Å²) in [6, 6.07) is 8.88. The number of carbonyl (C=O) groups is 2. The third-order valence-corrected chi connectivity index (χ3v) is 4.84. The Balaban J connectivity index is 1.85. The van der Waals surface area contributed by atoms with E-state index in [4.69, 9.17) is 16.3 Å². The molecule has 0 unspecified atom stereocenters. The van der Waals surface area contributed by atoms with Crippen LogP contribution in [0.1, 0.15) is 35.4 Å². The number of aromatic nitrogens is 2. The van der Waals surface area contributed by atoms with Gasteiger partial charge in [-0.3, -0.25) is 9.59 Å². The van der Waals surface area contributed by atoms with Gasteiger partial charge in [-0.15, -0.1) is 0 Å². The number of aryl methyl sites for hydroxylation is 1. The summed E-state index contributed by atoms with van der Waals surface area (Å²) in [4.78, 5) is 24.0. The average Bonchev–Trinajstić information content (AvgIpc) is 2.97. The second-order valence-electron chi connectivity index (χ2n) is 6.45. The van der Waals surface area contributed by atoms with E-state index < -0.39 is 17.4 Å².